The maximum Gasteiger partial charge on any atom is 0.174 e. The van der Waals surface area contributed by atoms with Crippen molar-refractivity contribution in [3.8, 4) is 0 Å². The molecule has 0 bridgehead atoms. The Balaban J connectivity index is 1.46. The highest BCUT2D eigenvalue weighted by Gasteiger charge is 2.54. The second-order valence-electron chi connectivity index (χ2n) is 8.97. The molecule has 0 radical (unpaired) electrons. The van der Waals surface area contributed by atoms with Gasteiger partial charge in [-0.05, 0) is 87.0 Å². The van der Waals surface area contributed by atoms with Gasteiger partial charge in [-0.25, -0.2) is 0 Å². The number of ketones is 1. The van der Waals surface area contributed by atoms with Gasteiger partial charge in [0.25, 0.3) is 0 Å². The van der Waals surface area contributed by atoms with Gasteiger partial charge in [-0.1, -0.05) is 13.0 Å². The van der Waals surface area contributed by atoms with Gasteiger partial charge in [0, 0.05) is 30.7 Å². The van der Waals surface area contributed by atoms with Gasteiger partial charge in [-0.2, -0.15) is 0 Å². The lowest BCUT2D eigenvalue weighted by Crippen LogP contribution is -2.42. The van der Waals surface area contributed by atoms with E-state index in [0.29, 0.717) is 43.3 Å². The third-order valence-electron chi connectivity index (χ3n) is 7.61. The van der Waals surface area contributed by atoms with E-state index in [1.54, 1.807) is 0 Å². The van der Waals surface area contributed by atoms with Crippen LogP contribution in [0.1, 0.15) is 69.9 Å². The van der Waals surface area contributed by atoms with Crippen LogP contribution in [-0.4, -0.2) is 31.8 Å². The van der Waals surface area contributed by atoms with Crippen LogP contribution in [-0.2, 0) is 20.7 Å². The zero-order chi connectivity index (χ0) is 19.7. The Morgan fingerprint density at radius 2 is 1.93 bits per heavy atom. The van der Waals surface area contributed by atoms with E-state index in [0.717, 1.165) is 31.4 Å². The Bertz CT molecular complexity index is 712. The van der Waals surface area contributed by atoms with Crippen LogP contribution in [0.5, 0.6) is 0 Å². The highest BCUT2D eigenvalue weighted by Crippen LogP contribution is 2.59. The first kappa shape index (κ1) is 19.9. The molecule has 3 aliphatic carbocycles. The van der Waals surface area contributed by atoms with Crippen molar-refractivity contribution >= 4 is 11.5 Å². The number of anilines is 1. The second-order valence-corrected chi connectivity index (χ2v) is 8.97. The van der Waals surface area contributed by atoms with Gasteiger partial charge in [0.15, 0.2) is 6.29 Å². The number of hydrogen-bond acceptors (Lipinski definition) is 4. The molecule has 1 aromatic rings. The standard InChI is InChI=1S/C24H35NO3/c1-4-27-23(28-5-2)15-25-17-7-9-18-16(14-17)6-8-20-19(18)12-13-24(3)21(20)10-11-22(24)26/h7,9,14,19-21,23,25H,4-6,8,10-13,15H2,1-3H3. The molecular weight excluding hydrogens is 350 g/mol. The molecule has 0 amide bonds. The van der Waals surface area contributed by atoms with Gasteiger partial charge in [0.05, 0.1) is 6.54 Å². The van der Waals surface area contributed by atoms with E-state index in [1.807, 2.05) is 13.8 Å². The monoisotopic (exact) mass is 385 g/mol. The SMILES string of the molecule is CCOC(CNc1ccc2c(c1)CCC1C2CCC2(C)C(=O)CCC12)OCC. The molecule has 0 spiro atoms. The van der Waals surface area contributed by atoms with Crippen LogP contribution in [0.15, 0.2) is 18.2 Å². The first-order valence-corrected chi connectivity index (χ1v) is 11.2. The normalized spacial score (nSPS) is 31.4. The van der Waals surface area contributed by atoms with Gasteiger partial charge in [0.1, 0.15) is 5.78 Å². The molecule has 2 saturated carbocycles. The van der Waals surface area contributed by atoms with Crippen molar-refractivity contribution in [2.45, 2.75) is 71.5 Å². The molecule has 0 saturated heterocycles. The van der Waals surface area contributed by atoms with Crippen LogP contribution in [0.4, 0.5) is 5.69 Å². The minimum Gasteiger partial charge on any atom is -0.380 e. The van der Waals surface area contributed by atoms with Crippen molar-refractivity contribution in [2.75, 3.05) is 25.1 Å². The van der Waals surface area contributed by atoms with Crippen molar-refractivity contribution in [1.82, 2.24) is 0 Å². The van der Waals surface area contributed by atoms with Gasteiger partial charge in [-0.3, -0.25) is 4.79 Å². The molecule has 4 unspecified atom stereocenters. The van der Waals surface area contributed by atoms with Crippen LogP contribution in [0.3, 0.4) is 0 Å². The smallest absolute Gasteiger partial charge is 0.174 e. The highest BCUT2D eigenvalue weighted by atomic mass is 16.7. The number of rotatable bonds is 7. The topological polar surface area (TPSA) is 47.6 Å². The van der Waals surface area contributed by atoms with Crippen LogP contribution in [0.2, 0.25) is 0 Å². The van der Waals surface area contributed by atoms with E-state index in [-0.39, 0.29) is 11.7 Å². The number of carbonyl (C=O) groups excluding carboxylic acids is 1. The maximum absolute atomic E-state index is 12.5. The van der Waals surface area contributed by atoms with Gasteiger partial charge in [-0.15, -0.1) is 0 Å². The van der Waals surface area contributed by atoms with Crippen molar-refractivity contribution < 1.29 is 14.3 Å². The molecule has 28 heavy (non-hydrogen) atoms. The molecule has 1 N–H and O–H groups in total. The molecular formula is C24H35NO3. The summed E-state index contributed by atoms with van der Waals surface area (Å²) in [5, 5.41) is 3.49. The summed E-state index contributed by atoms with van der Waals surface area (Å²) in [5.74, 6) is 2.46. The molecule has 154 valence electrons. The number of aryl methyl sites for hydroxylation is 1. The van der Waals surface area contributed by atoms with Crippen molar-refractivity contribution in [3.05, 3.63) is 29.3 Å². The molecule has 0 heterocycles. The van der Waals surface area contributed by atoms with E-state index in [4.69, 9.17) is 9.47 Å². The Kier molecular flexibility index (Phi) is 5.80. The first-order valence-electron chi connectivity index (χ1n) is 11.2. The van der Waals surface area contributed by atoms with E-state index in [2.05, 4.69) is 30.4 Å². The first-order chi connectivity index (χ1) is 13.6. The average Bonchev–Trinajstić information content (AvgIpc) is 3.01. The number of benzene rings is 1. The lowest BCUT2D eigenvalue weighted by atomic mass is 9.55. The predicted molar refractivity (Wildman–Crippen MR) is 112 cm³/mol. The largest absolute Gasteiger partial charge is 0.380 e. The number of carbonyl (C=O) groups is 1. The Morgan fingerprint density at radius 1 is 1.14 bits per heavy atom. The molecule has 0 aromatic heterocycles. The fraction of sp³-hybridized carbons (Fsp3) is 0.708. The molecule has 1 aromatic carbocycles. The molecule has 2 fully saturated rings. The summed E-state index contributed by atoms with van der Waals surface area (Å²) in [6, 6.07) is 6.88. The number of hydrogen-bond donors (Lipinski definition) is 1. The van der Waals surface area contributed by atoms with Gasteiger partial charge < -0.3 is 14.8 Å². The lowest BCUT2D eigenvalue weighted by Gasteiger charge is -2.48. The van der Waals surface area contributed by atoms with Crippen LogP contribution in [0, 0.1) is 17.3 Å². The second kappa shape index (κ2) is 8.16. The van der Waals surface area contributed by atoms with Gasteiger partial charge >= 0.3 is 0 Å². The molecule has 4 nitrogen and oxygen atoms in total. The van der Waals surface area contributed by atoms with E-state index in [1.165, 1.54) is 24.0 Å². The van der Waals surface area contributed by atoms with Crippen molar-refractivity contribution in [1.29, 1.82) is 0 Å². The van der Waals surface area contributed by atoms with Crippen LogP contribution < -0.4 is 5.32 Å². The van der Waals surface area contributed by atoms with Crippen LogP contribution >= 0.6 is 0 Å². The lowest BCUT2D eigenvalue weighted by molar-refractivity contribution is -0.129. The predicted octanol–water partition coefficient (Wildman–Crippen LogP) is 4.92. The summed E-state index contributed by atoms with van der Waals surface area (Å²) >= 11 is 0. The quantitative estimate of drug-likeness (QED) is 0.677. The molecule has 4 rings (SSSR count). The maximum atomic E-state index is 12.5. The Labute approximate surface area is 169 Å². The summed E-state index contributed by atoms with van der Waals surface area (Å²) in [6.45, 7) is 8.21. The van der Waals surface area contributed by atoms with Crippen molar-refractivity contribution in [2.24, 2.45) is 17.3 Å². The fourth-order valence-electron chi connectivity index (χ4n) is 6.20. The Hall–Kier alpha value is -1.39. The zero-order valence-corrected chi connectivity index (χ0v) is 17.6. The van der Waals surface area contributed by atoms with Gasteiger partial charge in [0.2, 0.25) is 0 Å². The minimum atomic E-state index is -0.202. The van der Waals surface area contributed by atoms with E-state index in [9.17, 15) is 4.79 Å². The number of nitrogens with one attached hydrogen (secondary N) is 1. The molecule has 3 aliphatic rings. The van der Waals surface area contributed by atoms with Crippen molar-refractivity contribution in [3.63, 3.8) is 0 Å². The summed E-state index contributed by atoms with van der Waals surface area (Å²) in [4.78, 5) is 12.5. The average molecular weight is 386 g/mol. The number of Topliss-reactive ketones (excluding diaryl/α,β-unsaturated/α-hetero) is 1. The summed E-state index contributed by atoms with van der Waals surface area (Å²) < 4.78 is 11.3. The fourth-order valence-corrected chi connectivity index (χ4v) is 6.20. The number of fused-ring (bicyclic) bond motifs is 5. The third-order valence-corrected chi connectivity index (χ3v) is 7.61. The summed E-state index contributed by atoms with van der Waals surface area (Å²) in [7, 11) is 0. The van der Waals surface area contributed by atoms with E-state index >= 15 is 0 Å². The molecule has 0 aliphatic heterocycles. The third kappa shape index (κ3) is 3.50. The molecule has 4 atom stereocenters. The van der Waals surface area contributed by atoms with E-state index < -0.39 is 0 Å². The molecule has 4 heteroatoms. The highest BCUT2D eigenvalue weighted by molar-refractivity contribution is 5.87. The summed E-state index contributed by atoms with van der Waals surface area (Å²) in [5.41, 5.74) is 4.14. The number of ether oxygens (including phenoxy) is 2. The zero-order valence-electron chi connectivity index (χ0n) is 17.6. The van der Waals surface area contributed by atoms with Crippen LogP contribution in [0.25, 0.3) is 0 Å². The Morgan fingerprint density at radius 3 is 2.68 bits per heavy atom. The minimum absolute atomic E-state index is 0.0340. The summed E-state index contributed by atoms with van der Waals surface area (Å²) in [6.07, 6.45) is 6.32.